The van der Waals surface area contributed by atoms with Crippen molar-refractivity contribution in [3.05, 3.63) is 48.2 Å². The lowest BCUT2D eigenvalue weighted by Gasteiger charge is -2.26. The zero-order chi connectivity index (χ0) is 14.3. The number of aromatic carboxylic acids is 1. The molecule has 6 heteroatoms. The van der Waals surface area contributed by atoms with E-state index in [0.717, 1.165) is 0 Å². The Morgan fingerprint density at radius 1 is 1.21 bits per heavy atom. The molecule has 6 nitrogen and oxygen atoms in total. The number of carboxylic acids is 1. The van der Waals surface area contributed by atoms with Crippen molar-refractivity contribution < 1.29 is 30.0 Å². The Balaban J connectivity index is 0.000000191. The van der Waals surface area contributed by atoms with Crippen molar-refractivity contribution in [1.82, 2.24) is 0 Å². The highest BCUT2D eigenvalue weighted by atomic mass is 16.5. The van der Waals surface area contributed by atoms with Gasteiger partial charge in [-0.05, 0) is 18.2 Å². The number of aliphatic hydroxyl groups excluding tert-OH is 3. The average Bonchev–Trinajstić information content (AvgIpc) is 2.43. The first kappa shape index (κ1) is 15.2. The molecule has 2 rings (SSSR count). The van der Waals surface area contributed by atoms with E-state index < -0.39 is 24.3 Å². The third-order valence-corrected chi connectivity index (χ3v) is 2.46. The molecule has 0 aromatic heterocycles. The van der Waals surface area contributed by atoms with E-state index in [-0.39, 0.29) is 6.61 Å². The van der Waals surface area contributed by atoms with Gasteiger partial charge in [0.05, 0.1) is 18.4 Å². The first-order valence-corrected chi connectivity index (χ1v) is 5.63. The zero-order valence-electron chi connectivity index (χ0n) is 10.1. The van der Waals surface area contributed by atoms with Crippen molar-refractivity contribution in [1.29, 1.82) is 0 Å². The first-order chi connectivity index (χ1) is 9.06. The van der Waals surface area contributed by atoms with Crippen molar-refractivity contribution in [2.75, 3.05) is 6.61 Å². The highest BCUT2D eigenvalue weighted by molar-refractivity contribution is 5.87. The van der Waals surface area contributed by atoms with E-state index in [0.29, 0.717) is 5.56 Å². The van der Waals surface area contributed by atoms with Crippen molar-refractivity contribution in [3.8, 4) is 0 Å². The number of benzene rings is 1. The Kier molecular flexibility index (Phi) is 6.01. The van der Waals surface area contributed by atoms with Crippen LogP contribution in [-0.2, 0) is 4.74 Å². The standard InChI is InChI=1S/C7H6O2.C6H10O4/c8-7(9)6-4-2-1-3-5-6;7-3-5-6(9)4(8)1-2-10-5/h1-5H,(H,8,9);1-2,4-9H,3H2/t;4-,5-,6+/m.1/s1. The lowest BCUT2D eigenvalue weighted by molar-refractivity contribution is -0.0808. The van der Waals surface area contributed by atoms with Gasteiger partial charge in [0.25, 0.3) is 0 Å². The highest BCUT2D eigenvalue weighted by Gasteiger charge is 2.27. The summed E-state index contributed by atoms with van der Waals surface area (Å²) in [6.45, 7) is -0.289. The lowest BCUT2D eigenvalue weighted by atomic mass is 10.1. The predicted octanol–water partition coefficient (Wildman–Crippen LogP) is -0.00220. The van der Waals surface area contributed by atoms with Gasteiger partial charge in [-0.2, -0.15) is 0 Å². The van der Waals surface area contributed by atoms with E-state index in [1.165, 1.54) is 12.3 Å². The van der Waals surface area contributed by atoms with Crippen molar-refractivity contribution in [3.63, 3.8) is 0 Å². The van der Waals surface area contributed by atoms with E-state index in [1.54, 1.807) is 30.3 Å². The average molecular weight is 268 g/mol. The number of hydrogen-bond donors (Lipinski definition) is 4. The van der Waals surface area contributed by atoms with Crippen LogP contribution >= 0.6 is 0 Å². The molecule has 0 aliphatic carbocycles. The van der Waals surface area contributed by atoms with Crippen LogP contribution in [0.4, 0.5) is 0 Å². The number of rotatable bonds is 2. The van der Waals surface area contributed by atoms with E-state index >= 15 is 0 Å². The third-order valence-electron chi connectivity index (χ3n) is 2.46. The minimum Gasteiger partial charge on any atom is -0.493 e. The predicted molar refractivity (Wildman–Crippen MR) is 66.5 cm³/mol. The molecule has 0 radical (unpaired) electrons. The number of aliphatic hydroxyl groups is 3. The Morgan fingerprint density at radius 2 is 1.84 bits per heavy atom. The van der Waals surface area contributed by atoms with Crippen LogP contribution in [0.15, 0.2) is 42.7 Å². The normalized spacial score (nSPS) is 24.9. The van der Waals surface area contributed by atoms with Crippen molar-refractivity contribution >= 4 is 5.97 Å². The molecule has 104 valence electrons. The Hall–Kier alpha value is -1.89. The fraction of sp³-hybridized carbons (Fsp3) is 0.308. The van der Waals surface area contributed by atoms with Crippen LogP contribution < -0.4 is 0 Å². The molecular formula is C13H16O6. The monoisotopic (exact) mass is 268 g/mol. The second-order valence-corrected chi connectivity index (χ2v) is 3.84. The fourth-order valence-corrected chi connectivity index (χ4v) is 1.37. The molecule has 1 aliphatic rings. The summed E-state index contributed by atoms with van der Waals surface area (Å²) in [6.07, 6.45) is -0.0318. The molecule has 0 saturated heterocycles. The topological polar surface area (TPSA) is 107 Å². The van der Waals surface area contributed by atoms with E-state index in [1.807, 2.05) is 0 Å². The van der Waals surface area contributed by atoms with Crippen LogP contribution in [0.2, 0.25) is 0 Å². The Bertz CT molecular complexity index is 416. The maximum absolute atomic E-state index is 10.2. The van der Waals surface area contributed by atoms with Crippen molar-refractivity contribution in [2.24, 2.45) is 0 Å². The summed E-state index contributed by atoms with van der Waals surface area (Å²) < 4.78 is 4.77. The summed E-state index contributed by atoms with van der Waals surface area (Å²) in [7, 11) is 0. The quantitative estimate of drug-likeness (QED) is 0.601. The summed E-state index contributed by atoms with van der Waals surface area (Å²) in [5.74, 6) is -0.879. The molecule has 1 aromatic rings. The van der Waals surface area contributed by atoms with Crippen LogP contribution in [0.25, 0.3) is 0 Å². The summed E-state index contributed by atoms with van der Waals surface area (Å²) in [5.41, 5.74) is 0.331. The molecule has 1 heterocycles. The van der Waals surface area contributed by atoms with Gasteiger partial charge in [0, 0.05) is 0 Å². The SMILES string of the molecule is O=C(O)c1ccccc1.OC[C@H]1OC=C[C@@H](O)[C@@H]1O. The lowest BCUT2D eigenvalue weighted by Crippen LogP contribution is -2.42. The maximum Gasteiger partial charge on any atom is 0.335 e. The molecule has 0 fully saturated rings. The Labute approximate surface area is 110 Å². The highest BCUT2D eigenvalue weighted by Crippen LogP contribution is 2.10. The van der Waals surface area contributed by atoms with Crippen LogP contribution in [0.3, 0.4) is 0 Å². The maximum atomic E-state index is 10.2. The van der Waals surface area contributed by atoms with Gasteiger partial charge in [0.15, 0.2) is 0 Å². The zero-order valence-corrected chi connectivity index (χ0v) is 10.1. The van der Waals surface area contributed by atoms with Gasteiger partial charge in [-0.15, -0.1) is 0 Å². The van der Waals surface area contributed by atoms with Crippen LogP contribution in [0.5, 0.6) is 0 Å². The molecule has 1 aromatic carbocycles. The summed E-state index contributed by atoms with van der Waals surface area (Å²) in [5, 5.41) is 34.9. The first-order valence-electron chi connectivity index (χ1n) is 5.63. The summed E-state index contributed by atoms with van der Waals surface area (Å²) in [4.78, 5) is 10.2. The third kappa shape index (κ3) is 4.70. The number of ether oxygens (including phenoxy) is 1. The molecule has 1 aliphatic heterocycles. The summed E-state index contributed by atoms with van der Waals surface area (Å²) in [6, 6.07) is 8.30. The largest absolute Gasteiger partial charge is 0.493 e. The van der Waals surface area contributed by atoms with E-state index in [9.17, 15) is 4.79 Å². The van der Waals surface area contributed by atoms with Gasteiger partial charge < -0.3 is 25.2 Å². The Morgan fingerprint density at radius 3 is 2.26 bits per heavy atom. The molecule has 0 spiro atoms. The molecule has 4 N–H and O–H groups in total. The van der Waals surface area contributed by atoms with E-state index in [2.05, 4.69) is 0 Å². The second-order valence-electron chi connectivity index (χ2n) is 3.84. The molecule has 0 unspecified atom stereocenters. The molecule has 3 atom stereocenters. The van der Waals surface area contributed by atoms with Crippen LogP contribution in [-0.4, -0.2) is 51.3 Å². The molecule has 0 amide bonds. The molecule has 0 saturated carbocycles. The summed E-state index contributed by atoms with van der Waals surface area (Å²) >= 11 is 0. The number of hydrogen-bond acceptors (Lipinski definition) is 5. The van der Waals surface area contributed by atoms with Gasteiger partial charge in [-0.25, -0.2) is 4.79 Å². The number of carboxylic acid groups (broad SMARTS) is 1. The van der Waals surface area contributed by atoms with Crippen LogP contribution in [0.1, 0.15) is 10.4 Å². The van der Waals surface area contributed by atoms with Crippen molar-refractivity contribution in [2.45, 2.75) is 18.3 Å². The van der Waals surface area contributed by atoms with E-state index in [4.69, 9.17) is 25.2 Å². The molecule has 0 bridgehead atoms. The fourth-order valence-electron chi connectivity index (χ4n) is 1.37. The number of carbonyl (C=O) groups is 1. The van der Waals surface area contributed by atoms with Gasteiger partial charge in [-0.3, -0.25) is 0 Å². The van der Waals surface area contributed by atoms with Crippen LogP contribution in [0, 0.1) is 0 Å². The molecular weight excluding hydrogens is 252 g/mol. The van der Waals surface area contributed by atoms with Gasteiger partial charge in [0.1, 0.15) is 18.3 Å². The molecule has 19 heavy (non-hydrogen) atoms. The minimum absolute atomic E-state index is 0.289. The second kappa shape index (κ2) is 7.52. The van der Waals surface area contributed by atoms with Gasteiger partial charge in [-0.1, -0.05) is 18.2 Å². The smallest absolute Gasteiger partial charge is 0.335 e. The van der Waals surface area contributed by atoms with Gasteiger partial charge >= 0.3 is 5.97 Å². The van der Waals surface area contributed by atoms with Gasteiger partial charge in [0.2, 0.25) is 0 Å². The minimum atomic E-state index is -1.02.